The summed E-state index contributed by atoms with van der Waals surface area (Å²) < 4.78 is 3.68. The van der Waals surface area contributed by atoms with Crippen LogP contribution in [0.1, 0.15) is 22.5 Å². The minimum absolute atomic E-state index is 0.0168. The molecule has 14 heavy (non-hydrogen) atoms. The molecule has 4 nitrogen and oxygen atoms in total. The number of nitrogens with zero attached hydrogens (tertiary/aromatic N) is 3. The maximum Gasteiger partial charge on any atom is 0.267 e. The van der Waals surface area contributed by atoms with Crippen molar-refractivity contribution in [2.75, 3.05) is 12.4 Å². The van der Waals surface area contributed by atoms with Crippen LogP contribution >= 0.6 is 23.1 Å². The number of alkyl halides is 1. The molecule has 1 fully saturated rings. The summed E-state index contributed by atoms with van der Waals surface area (Å²) in [6.45, 7) is 0.614. The van der Waals surface area contributed by atoms with E-state index in [0.717, 1.165) is 24.4 Å². The standard InChI is InChI=1S/C8H10ClN3OS/c9-3-4-12(6-1-2-6)8(13)7-5-10-11-14-7/h5-6H,1-4H2. The van der Waals surface area contributed by atoms with E-state index in [4.69, 9.17) is 11.6 Å². The molecule has 1 heterocycles. The van der Waals surface area contributed by atoms with Crippen molar-refractivity contribution in [2.45, 2.75) is 18.9 Å². The summed E-state index contributed by atoms with van der Waals surface area (Å²) in [6.07, 6.45) is 3.69. The van der Waals surface area contributed by atoms with Crippen LogP contribution in [0, 0.1) is 0 Å². The molecule has 1 amide bonds. The van der Waals surface area contributed by atoms with Gasteiger partial charge >= 0.3 is 0 Å². The van der Waals surface area contributed by atoms with Gasteiger partial charge in [0.05, 0.1) is 6.20 Å². The Morgan fingerprint density at radius 3 is 3.00 bits per heavy atom. The van der Waals surface area contributed by atoms with E-state index in [-0.39, 0.29) is 5.91 Å². The molecule has 1 aliphatic carbocycles. The number of hydrogen-bond acceptors (Lipinski definition) is 4. The zero-order valence-corrected chi connectivity index (χ0v) is 9.09. The zero-order valence-electron chi connectivity index (χ0n) is 7.52. The van der Waals surface area contributed by atoms with Gasteiger partial charge in [-0.1, -0.05) is 4.49 Å². The summed E-state index contributed by atoms with van der Waals surface area (Å²) in [6, 6.07) is 0.392. The van der Waals surface area contributed by atoms with Crippen LogP contribution in [0.2, 0.25) is 0 Å². The predicted molar refractivity (Wildman–Crippen MR) is 54.7 cm³/mol. The topological polar surface area (TPSA) is 46.1 Å². The monoisotopic (exact) mass is 231 g/mol. The van der Waals surface area contributed by atoms with Crippen LogP contribution in [0.4, 0.5) is 0 Å². The van der Waals surface area contributed by atoms with E-state index in [1.54, 1.807) is 0 Å². The van der Waals surface area contributed by atoms with Crippen molar-refractivity contribution in [1.82, 2.24) is 14.5 Å². The SMILES string of the molecule is O=C(c1cnns1)N(CCCl)C1CC1. The van der Waals surface area contributed by atoms with Crippen molar-refractivity contribution in [3.8, 4) is 0 Å². The number of halogens is 1. The molecular weight excluding hydrogens is 222 g/mol. The molecule has 0 radical (unpaired) electrons. The first-order valence-electron chi connectivity index (χ1n) is 4.47. The molecule has 6 heteroatoms. The van der Waals surface area contributed by atoms with Crippen LogP contribution in [-0.2, 0) is 0 Å². The summed E-state index contributed by atoms with van der Waals surface area (Å²) in [5, 5.41) is 3.65. The van der Waals surface area contributed by atoms with E-state index >= 15 is 0 Å². The Morgan fingerprint density at radius 2 is 2.50 bits per heavy atom. The Hall–Kier alpha value is -0.680. The molecule has 1 aromatic rings. The van der Waals surface area contributed by atoms with Gasteiger partial charge in [-0.05, 0) is 24.4 Å². The molecule has 76 valence electrons. The summed E-state index contributed by atoms with van der Waals surface area (Å²) >= 11 is 6.79. The minimum atomic E-state index is 0.0168. The van der Waals surface area contributed by atoms with Crippen molar-refractivity contribution in [3.05, 3.63) is 11.1 Å². The first-order valence-corrected chi connectivity index (χ1v) is 5.78. The second kappa shape index (κ2) is 4.23. The van der Waals surface area contributed by atoms with E-state index in [9.17, 15) is 4.79 Å². The molecule has 0 saturated heterocycles. The molecular formula is C8H10ClN3OS. The van der Waals surface area contributed by atoms with Gasteiger partial charge < -0.3 is 4.90 Å². The molecule has 0 aromatic carbocycles. The number of carbonyl (C=O) groups is 1. The van der Waals surface area contributed by atoms with Gasteiger partial charge in [-0.3, -0.25) is 4.79 Å². The van der Waals surface area contributed by atoms with Gasteiger partial charge in [0.2, 0.25) is 0 Å². The van der Waals surface area contributed by atoms with Crippen LogP contribution in [0.25, 0.3) is 0 Å². The molecule has 1 saturated carbocycles. The maximum absolute atomic E-state index is 11.9. The summed E-state index contributed by atoms with van der Waals surface area (Å²) in [5.74, 6) is 0.497. The number of carbonyl (C=O) groups excluding carboxylic acids is 1. The molecule has 0 spiro atoms. The number of hydrogen-bond donors (Lipinski definition) is 0. The highest BCUT2D eigenvalue weighted by Crippen LogP contribution is 2.28. The molecule has 0 atom stereocenters. The van der Waals surface area contributed by atoms with E-state index in [0.29, 0.717) is 23.3 Å². The highest BCUT2D eigenvalue weighted by Gasteiger charge is 2.33. The van der Waals surface area contributed by atoms with Crippen molar-refractivity contribution >= 4 is 29.0 Å². The van der Waals surface area contributed by atoms with Crippen LogP contribution in [-0.4, -0.2) is 38.9 Å². The highest BCUT2D eigenvalue weighted by atomic mass is 35.5. The summed E-state index contributed by atoms with van der Waals surface area (Å²) in [5.41, 5.74) is 0. The van der Waals surface area contributed by atoms with Gasteiger partial charge in [0.15, 0.2) is 0 Å². The molecule has 0 unspecified atom stereocenters. The van der Waals surface area contributed by atoms with Crippen molar-refractivity contribution in [2.24, 2.45) is 0 Å². The quantitative estimate of drug-likeness (QED) is 0.736. The van der Waals surface area contributed by atoms with Crippen LogP contribution in [0.15, 0.2) is 6.20 Å². The van der Waals surface area contributed by atoms with Gasteiger partial charge in [-0.25, -0.2) is 0 Å². The zero-order chi connectivity index (χ0) is 9.97. The Bertz CT molecular complexity index is 312. The second-order valence-electron chi connectivity index (χ2n) is 3.20. The number of aromatic nitrogens is 2. The predicted octanol–water partition coefficient (Wildman–Crippen LogP) is 1.38. The Labute approximate surface area is 91.0 Å². The van der Waals surface area contributed by atoms with Gasteiger partial charge in [0.25, 0.3) is 5.91 Å². The van der Waals surface area contributed by atoms with Crippen LogP contribution in [0.3, 0.4) is 0 Å². The fraction of sp³-hybridized carbons (Fsp3) is 0.625. The Kier molecular flexibility index (Phi) is 2.98. The summed E-state index contributed by atoms with van der Waals surface area (Å²) in [7, 11) is 0. The molecule has 2 rings (SSSR count). The largest absolute Gasteiger partial charge is 0.334 e. The van der Waals surface area contributed by atoms with E-state index < -0.39 is 0 Å². The van der Waals surface area contributed by atoms with E-state index in [2.05, 4.69) is 9.59 Å². The minimum Gasteiger partial charge on any atom is -0.334 e. The highest BCUT2D eigenvalue weighted by molar-refractivity contribution is 7.07. The third kappa shape index (κ3) is 2.04. The first-order chi connectivity index (χ1) is 6.83. The van der Waals surface area contributed by atoms with E-state index in [1.165, 1.54) is 6.20 Å². The number of amides is 1. The van der Waals surface area contributed by atoms with Gasteiger partial charge in [-0.2, -0.15) is 0 Å². The molecule has 0 bridgehead atoms. The van der Waals surface area contributed by atoms with Crippen molar-refractivity contribution < 1.29 is 4.79 Å². The fourth-order valence-electron chi connectivity index (χ4n) is 1.33. The molecule has 1 aliphatic rings. The van der Waals surface area contributed by atoms with Gasteiger partial charge in [-0.15, -0.1) is 16.7 Å². The smallest absolute Gasteiger partial charge is 0.267 e. The lowest BCUT2D eigenvalue weighted by Crippen LogP contribution is -2.34. The molecule has 0 aliphatic heterocycles. The lowest BCUT2D eigenvalue weighted by atomic mass is 10.4. The lowest BCUT2D eigenvalue weighted by Gasteiger charge is -2.19. The third-order valence-corrected chi connectivity index (χ3v) is 2.97. The molecule has 1 aromatic heterocycles. The maximum atomic E-state index is 11.9. The van der Waals surface area contributed by atoms with Crippen LogP contribution < -0.4 is 0 Å². The molecule has 0 N–H and O–H groups in total. The van der Waals surface area contributed by atoms with E-state index in [1.807, 2.05) is 4.90 Å². The van der Waals surface area contributed by atoms with Gasteiger partial charge in [0, 0.05) is 18.5 Å². The van der Waals surface area contributed by atoms with Gasteiger partial charge in [0.1, 0.15) is 4.88 Å². The van der Waals surface area contributed by atoms with Crippen LogP contribution in [0.5, 0.6) is 0 Å². The normalized spacial score (nSPS) is 15.5. The Balaban J connectivity index is 2.07. The Morgan fingerprint density at radius 1 is 1.71 bits per heavy atom. The lowest BCUT2D eigenvalue weighted by molar-refractivity contribution is 0.0758. The van der Waals surface area contributed by atoms with Crippen molar-refractivity contribution in [1.29, 1.82) is 0 Å². The average molecular weight is 232 g/mol. The average Bonchev–Trinajstić information content (AvgIpc) is 2.88. The van der Waals surface area contributed by atoms with Crippen molar-refractivity contribution in [3.63, 3.8) is 0 Å². The third-order valence-electron chi connectivity index (χ3n) is 2.15. The second-order valence-corrected chi connectivity index (χ2v) is 4.36. The first kappa shape index (κ1) is 9.86. The number of rotatable bonds is 4. The summed E-state index contributed by atoms with van der Waals surface area (Å²) in [4.78, 5) is 14.3. The fourth-order valence-corrected chi connectivity index (χ4v) is 1.98.